The van der Waals surface area contributed by atoms with Gasteiger partial charge in [0.25, 0.3) is 0 Å². The van der Waals surface area contributed by atoms with Crippen LogP contribution in [0.15, 0.2) is 79.6 Å². The van der Waals surface area contributed by atoms with Crippen LogP contribution in [0.2, 0.25) is 0 Å². The second-order valence-corrected chi connectivity index (χ2v) is 9.40. The number of hydrogen-bond acceptors (Lipinski definition) is 6. The summed E-state index contributed by atoms with van der Waals surface area (Å²) in [5, 5.41) is 13.0. The Morgan fingerprint density at radius 2 is 1.92 bits per heavy atom. The van der Waals surface area contributed by atoms with E-state index in [1.165, 1.54) is 6.08 Å². The molecule has 3 N–H and O–H groups in total. The predicted molar refractivity (Wildman–Crippen MR) is 148 cm³/mol. The molecule has 0 radical (unpaired) electrons. The van der Waals surface area contributed by atoms with Crippen LogP contribution in [0.4, 0.5) is 5.69 Å². The van der Waals surface area contributed by atoms with Gasteiger partial charge in [-0.3, -0.25) is 14.2 Å². The van der Waals surface area contributed by atoms with E-state index >= 15 is 0 Å². The van der Waals surface area contributed by atoms with Crippen molar-refractivity contribution >= 4 is 28.6 Å². The summed E-state index contributed by atoms with van der Waals surface area (Å²) in [7, 11) is 0. The van der Waals surface area contributed by atoms with Gasteiger partial charge in [-0.05, 0) is 59.9 Å². The number of benzene rings is 2. The highest BCUT2D eigenvalue weighted by Gasteiger charge is 2.19. The van der Waals surface area contributed by atoms with Gasteiger partial charge in [0.1, 0.15) is 11.7 Å². The Morgan fingerprint density at radius 3 is 2.66 bits per heavy atom. The third-order valence-electron chi connectivity index (χ3n) is 6.04. The molecule has 38 heavy (non-hydrogen) atoms. The zero-order valence-electron chi connectivity index (χ0n) is 21.3. The van der Waals surface area contributed by atoms with Gasteiger partial charge < -0.3 is 15.8 Å². The number of nitrogens with zero attached hydrogens (tertiary/aromatic N) is 3. The van der Waals surface area contributed by atoms with Crippen molar-refractivity contribution in [1.29, 1.82) is 5.26 Å². The standard InChI is InChI=1S/C30H29N5O3/c1-4-28(36)34-24-10-6-8-21(13-24)23-14-25-26(22-9-5-7-20(12-22)15-31)17-35(29(25)33-16-23)18-38-30(37)27(32)11-19(2)3/h4-10,12-14,16-17,19,27H,1,11,18,32H2,2-3H3,(H,34,36). The van der Waals surface area contributed by atoms with Gasteiger partial charge in [-0.15, -0.1) is 0 Å². The van der Waals surface area contributed by atoms with Gasteiger partial charge in [0.15, 0.2) is 6.73 Å². The maximum absolute atomic E-state index is 12.5. The lowest BCUT2D eigenvalue weighted by molar-refractivity contribution is -0.149. The van der Waals surface area contributed by atoms with Gasteiger partial charge >= 0.3 is 5.97 Å². The Labute approximate surface area is 221 Å². The number of carbonyl (C=O) groups is 2. The van der Waals surface area contributed by atoms with Crippen LogP contribution >= 0.6 is 0 Å². The van der Waals surface area contributed by atoms with Crippen LogP contribution < -0.4 is 11.1 Å². The highest BCUT2D eigenvalue weighted by molar-refractivity contribution is 6.00. The second kappa shape index (κ2) is 11.5. The van der Waals surface area contributed by atoms with Crippen molar-refractivity contribution in [2.45, 2.75) is 33.0 Å². The Bertz CT molecular complexity index is 1550. The molecule has 0 spiro atoms. The summed E-state index contributed by atoms with van der Waals surface area (Å²) in [6.07, 6.45) is 5.34. The van der Waals surface area contributed by atoms with Crippen molar-refractivity contribution in [2.75, 3.05) is 5.32 Å². The molecule has 1 amide bonds. The largest absolute Gasteiger partial charge is 0.443 e. The van der Waals surface area contributed by atoms with Crippen molar-refractivity contribution in [3.8, 4) is 28.3 Å². The van der Waals surface area contributed by atoms with Crippen LogP contribution in [0.5, 0.6) is 0 Å². The van der Waals surface area contributed by atoms with Gasteiger partial charge in [-0.25, -0.2) is 4.98 Å². The smallest absolute Gasteiger partial charge is 0.324 e. The molecule has 4 aromatic rings. The van der Waals surface area contributed by atoms with E-state index < -0.39 is 12.0 Å². The van der Waals surface area contributed by atoms with Gasteiger partial charge in [0.2, 0.25) is 5.91 Å². The molecule has 0 saturated carbocycles. The average molecular weight is 508 g/mol. The van der Waals surface area contributed by atoms with E-state index in [2.05, 4.69) is 18.0 Å². The first kappa shape index (κ1) is 26.3. The molecule has 0 aliphatic rings. The summed E-state index contributed by atoms with van der Waals surface area (Å²) in [5.74, 6) is -0.494. The first-order valence-electron chi connectivity index (χ1n) is 12.2. The van der Waals surface area contributed by atoms with Gasteiger partial charge in [0.05, 0.1) is 11.6 Å². The Hall–Kier alpha value is -4.74. The number of fused-ring (bicyclic) bond motifs is 1. The number of nitriles is 1. The summed E-state index contributed by atoms with van der Waals surface area (Å²) in [6.45, 7) is 7.44. The monoisotopic (exact) mass is 507 g/mol. The van der Waals surface area contributed by atoms with E-state index in [4.69, 9.17) is 15.5 Å². The minimum absolute atomic E-state index is 0.0471. The lowest BCUT2D eigenvalue weighted by atomic mass is 10.0. The number of aromatic nitrogens is 2. The number of anilines is 1. The Kier molecular flexibility index (Phi) is 8.00. The molecule has 4 rings (SSSR count). The van der Waals surface area contributed by atoms with Crippen LogP contribution in [0.25, 0.3) is 33.3 Å². The SMILES string of the molecule is C=CC(=O)Nc1cccc(-c2cnc3c(c2)c(-c2cccc(C#N)c2)cn3COC(=O)C(N)CC(C)C)c1. The van der Waals surface area contributed by atoms with Crippen molar-refractivity contribution in [1.82, 2.24) is 9.55 Å². The fourth-order valence-electron chi connectivity index (χ4n) is 4.23. The molecule has 2 aromatic carbocycles. The number of rotatable bonds is 9. The third-order valence-corrected chi connectivity index (χ3v) is 6.04. The molecule has 0 aliphatic heterocycles. The third kappa shape index (κ3) is 5.97. The van der Waals surface area contributed by atoms with Crippen molar-refractivity contribution in [3.63, 3.8) is 0 Å². The van der Waals surface area contributed by atoms with Crippen LogP contribution in [0.1, 0.15) is 25.8 Å². The van der Waals surface area contributed by atoms with Crippen LogP contribution in [0.3, 0.4) is 0 Å². The zero-order chi connectivity index (χ0) is 27.2. The van der Waals surface area contributed by atoms with Crippen LogP contribution in [0, 0.1) is 17.2 Å². The number of hydrogen-bond donors (Lipinski definition) is 2. The lowest BCUT2D eigenvalue weighted by Crippen LogP contribution is -2.33. The normalized spacial score (nSPS) is 11.7. The maximum atomic E-state index is 12.5. The van der Waals surface area contributed by atoms with Gasteiger partial charge in [-0.1, -0.05) is 44.7 Å². The molecule has 1 unspecified atom stereocenters. The molecule has 2 aromatic heterocycles. The molecule has 8 heteroatoms. The maximum Gasteiger partial charge on any atom is 0.324 e. The lowest BCUT2D eigenvalue weighted by Gasteiger charge is -2.14. The summed E-state index contributed by atoms with van der Waals surface area (Å²) >= 11 is 0. The number of nitrogens with two attached hydrogens (primary N) is 1. The molecule has 8 nitrogen and oxygen atoms in total. The minimum atomic E-state index is -0.697. The number of esters is 1. The highest BCUT2D eigenvalue weighted by Crippen LogP contribution is 2.33. The molecule has 0 fully saturated rings. The van der Waals surface area contributed by atoms with E-state index in [9.17, 15) is 14.9 Å². The van der Waals surface area contributed by atoms with Crippen molar-refractivity contribution in [2.24, 2.45) is 11.7 Å². The van der Waals surface area contributed by atoms with E-state index in [-0.39, 0.29) is 18.6 Å². The van der Waals surface area contributed by atoms with Gasteiger partial charge in [-0.2, -0.15) is 5.26 Å². The van der Waals surface area contributed by atoms with E-state index in [0.29, 0.717) is 23.3 Å². The molecular weight excluding hydrogens is 478 g/mol. The molecular formula is C30H29N5O3. The van der Waals surface area contributed by atoms with Crippen LogP contribution in [-0.4, -0.2) is 27.5 Å². The quantitative estimate of drug-likeness (QED) is 0.236. The molecule has 1 atom stereocenters. The topological polar surface area (TPSA) is 123 Å². The number of pyridine rings is 1. The number of carbonyl (C=O) groups excluding carboxylic acids is 2. The first-order valence-corrected chi connectivity index (χ1v) is 12.2. The number of ether oxygens (including phenoxy) is 1. The fraction of sp³-hybridized carbons (Fsp3) is 0.200. The predicted octanol–water partition coefficient (Wildman–Crippen LogP) is 5.24. The Morgan fingerprint density at radius 1 is 1.16 bits per heavy atom. The van der Waals surface area contributed by atoms with Gasteiger partial charge in [0, 0.05) is 34.6 Å². The summed E-state index contributed by atoms with van der Waals surface area (Å²) in [6, 6.07) is 18.2. The van der Waals surface area contributed by atoms with Crippen LogP contribution in [-0.2, 0) is 21.1 Å². The number of amides is 1. The summed E-state index contributed by atoms with van der Waals surface area (Å²) in [4.78, 5) is 28.9. The molecule has 0 bridgehead atoms. The minimum Gasteiger partial charge on any atom is -0.443 e. The summed E-state index contributed by atoms with van der Waals surface area (Å²) in [5.41, 5.74) is 11.1. The van der Waals surface area contributed by atoms with Crippen molar-refractivity contribution in [3.05, 3.63) is 85.2 Å². The van der Waals surface area contributed by atoms with E-state index in [1.54, 1.807) is 22.9 Å². The molecule has 192 valence electrons. The molecule has 0 saturated heterocycles. The molecule has 2 heterocycles. The van der Waals surface area contributed by atoms with E-state index in [1.807, 2.05) is 62.5 Å². The molecule has 0 aliphatic carbocycles. The Balaban J connectivity index is 1.75. The summed E-state index contributed by atoms with van der Waals surface area (Å²) < 4.78 is 7.29. The van der Waals surface area contributed by atoms with E-state index in [0.717, 1.165) is 27.6 Å². The first-order chi connectivity index (χ1) is 18.3. The number of nitrogens with one attached hydrogen (secondary N) is 1. The average Bonchev–Trinajstić information content (AvgIpc) is 3.29. The van der Waals surface area contributed by atoms with Crippen molar-refractivity contribution < 1.29 is 14.3 Å². The second-order valence-electron chi connectivity index (χ2n) is 9.40. The fourth-order valence-corrected chi connectivity index (χ4v) is 4.23. The zero-order valence-corrected chi connectivity index (χ0v) is 21.3. The highest BCUT2D eigenvalue weighted by atomic mass is 16.5.